The zero-order chi connectivity index (χ0) is 20.4. The summed E-state index contributed by atoms with van der Waals surface area (Å²) in [6, 6.07) is 18.2. The summed E-state index contributed by atoms with van der Waals surface area (Å²) in [4.78, 5) is 17.8. The summed E-state index contributed by atoms with van der Waals surface area (Å²) < 4.78 is 14.9. The molecule has 4 nitrogen and oxygen atoms in total. The molecule has 4 rings (SSSR count). The summed E-state index contributed by atoms with van der Waals surface area (Å²) in [5.74, 6) is -0.442. The topological polar surface area (TPSA) is 46.4 Å². The lowest BCUT2D eigenvalue weighted by atomic mass is 10.1. The first kappa shape index (κ1) is 18.9. The molecule has 2 heterocycles. The molecule has 5 heteroatoms. The largest absolute Gasteiger partial charge is 0.350 e. The second kappa shape index (κ2) is 7.87. The van der Waals surface area contributed by atoms with Gasteiger partial charge in [0.15, 0.2) is 0 Å². The van der Waals surface area contributed by atoms with Crippen molar-refractivity contribution in [1.82, 2.24) is 14.7 Å². The van der Waals surface area contributed by atoms with Crippen molar-refractivity contribution in [2.75, 3.05) is 6.54 Å². The van der Waals surface area contributed by atoms with Gasteiger partial charge in [-0.05, 0) is 49.6 Å². The summed E-state index contributed by atoms with van der Waals surface area (Å²) in [6.07, 6.45) is 2.55. The van der Waals surface area contributed by atoms with Gasteiger partial charge in [-0.3, -0.25) is 9.20 Å². The van der Waals surface area contributed by atoms with Gasteiger partial charge in [-0.2, -0.15) is 0 Å². The van der Waals surface area contributed by atoms with E-state index in [0.717, 1.165) is 27.9 Å². The van der Waals surface area contributed by atoms with Crippen molar-refractivity contribution in [3.05, 3.63) is 95.1 Å². The van der Waals surface area contributed by atoms with E-state index in [2.05, 4.69) is 5.32 Å². The van der Waals surface area contributed by atoms with Crippen LogP contribution >= 0.6 is 0 Å². The molecule has 0 aliphatic heterocycles. The van der Waals surface area contributed by atoms with Crippen LogP contribution in [-0.4, -0.2) is 21.8 Å². The smallest absolute Gasteiger partial charge is 0.270 e. The Hall–Kier alpha value is -3.47. The molecule has 1 amide bonds. The minimum absolute atomic E-state index is 0.180. The van der Waals surface area contributed by atoms with Crippen LogP contribution in [0.1, 0.15) is 27.2 Å². The van der Waals surface area contributed by atoms with Gasteiger partial charge in [-0.1, -0.05) is 48.0 Å². The number of aromatic nitrogens is 2. The standard InChI is InChI=1S/C24H22FN3O/c1-16-3-8-19(9-4-16)22-23(28-15-17(2)5-12-21(28)27-22)24(29)26-14-13-18-6-10-20(25)11-7-18/h3-12,15H,13-14H2,1-2H3,(H,26,29). The fraction of sp³-hybridized carbons (Fsp3) is 0.167. The Morgan fingerprint density at radius 2 is 1.66 bits per heavy atom. The highest BCUT2D eigenvalue weighted by Gasteiger charge is 2.20. The van der Waals surface area contributed by atoms with Crippen LogP contribution in [0.15, 0.2) is 66.9 Å². The third-order valence-electron chi connectivity index (χ3n) is 4.92. The summed E-state index contributed by atoms with van der Waals surface area (Å²) >= 11 is 0. The van der Waals surface area contributed by atoms with Crippen molar-refractivity contribution < 1.29 is 9.18 Å². The van der Waals surface area contributed by atoms with E-state index in [1.807, 2.05) is 60.8 Å². The number of nitrogens with zero attached hydrogens (tertiary/aromatic N) is 2. The van der Waals surface area contributed by atoms with Crippen LogP contribution < -0.4 is 5.32 Å². The van der Waals surface area contributed by atoms with Gasteiger partial charge in [0, 0.05) is 18.3 Å². The van der Waals surface area contributed by atoms with E-state index in [1.165, 1.54) is 12.1 Å². The SMILES string of the molecule is Cc1ccc(-c2nc3ccc(C)cn3c2C(=O)NCCc2ccc(F)cc2)cc1. The highest BCUT2D eigenvalue weighted by Crippen LogP contribution is 2.25. The quantitative estimate of drug-likeness (QED) is 0.538. The maximum absolute atomic E-state index is 13.1. The van der Waals surface area contributed by atoms with Gasteiger partial charge < -0.3 is 5.32 Å². The Bertz CT molecular complexity index is 1160. The van der Waals surface area contributed by atoms with Crippen molar-refractivity contribution in [2.45, 2.75) is 20.3 Å². The minimum Gasteiger partial charge on any atom is -0.350 e. The Kier molecular flexibility index (Phi) is 5.12. The third kappa shape index (κ3) is 4.04. The van der Waals surface area contributed by atoms with Gasteiger partial charge >= 0.3 is 0 Å². The zero-order valence-electron chi connectivity index (χ0n) is 16.4. The van der Waals surface area contributed by atoms with Crippen LogP contribution in [0, 0.1) is 19.7 Å². The molecular weight excluding hydrogens is 365 g/mol. The number of nitrogens with one attached hydrogen (secondary N) is 1. The number of aryl methyl sites for hydroxylation is 2. The Balaban J connectivity index is 1.64. The molecule has 0 saturated carbocycles. The lowest BCUT2D eigenvalue weighted by Crippen LogP contribution is -2.27. The van der Waals surface area contributed by atoms with Crippen LogP contribution in [0.4, 0.5) is 4.39 Å². The first-order valence-corrected chi connectivity index (χ1v) is 9.59. The van der Waals surface area contributed by atoms with E-state index < -0.39 is 0 Å². The fourth-order valence-electron chi connectivity index (χ4n) is 3.34. The summed E-state index contributed by atoms with van der Waals surface area (Å²) in [5.41, 5.74) is 5.99. The molecule has 0 fully saturated rings. The first-order valence-electron chi connectivity index (χ1n) is 9.59. The van der Waals surface area contributed by atoms with Gasteiger partial charge in [0.25, 0.3) is 5.91 Å². The highest BCUT2D eigenvalue weighted by atomic mass is 19.1. The molecule has 0 atom stereocenters. The molecule has 4 aromatic rings. The third-order valence-corrected chi connectivity index (χ3v) is 4.92. The van der Waals surface area contributed by atoms with Gasteiger partial charge in [0.1, 0.15) is 22.9 Å². The molecule has 0 saturated heterocycles. The van der Waals surface area contributed by atoms with E-state index in [-0.39, 0.29) is 11.7 Å². The molecule has 1 N–H and O–H groups in total. The number of benzene rings is 2. The summed E-state index contributed by atoms with van der Waals surface area (Å²) in [5, 5.41) is 2.99. The van der Waals surface area contributed by atoms with Crippen LogP contribution in [-0.2, 0) is 6.42 Å². The molecule has 29 heavy (non-hydrogen) atoms. The van der Waals surface area contributed by atoms with E-state index in [9.17, 15) is 9.18 Å². The lowest BCUT2D eigenvalue weighted by molar-refractivity contribution is 0.0949. The van der Waals surface area contributed by atoms with Gasteiger partial charge in [-0.25, -0.2) is 9.37 Å². The molecule has 0 aliphatic rings. The molecule has 2 aromatic heterocycles. The Labute approximate surface area is 169 Å². The number of pyridine rings is 1. The van der Waals surface area contributed by atoms with Crippen LogP contribution in [0.25, 0.3) is 16.9 Å². The molecule has 0 spiro atoms. The van der Waals surface area contributed by atoms with Gasteiger partial charge in [0.2, 0.25) is 0 Å². The number of hydrogen-bond donors (Lipinski definition) is 1. The predicted octanol–water partition coefficient (Wildman–Crippen LogP) is 4.73. The number of halogens is 1. The number of carbonyl (C=O) groups excluding carboxylic acids is 1. The van der Waals surface area contributed by atoms with E-state index in [4.69, 9.17) is 4.98 Å². The molecule has 146 valence electrons. The Morgan fingerprint density at radius 3 is 2.38 bits per heavy atom. The Morgan fingerprint density at radius 1 is 0.966 bits per heavy atom. The second-order valence-corrected chi connectivity index (χ2v) is 7.24. The average molecular weight is 387 g/mol. The van der Waals surface area contributed by atoms with Crippen LogP contribution in [0.2, 0.25) is 0 Å². The number of imidazole rings is 1. The first-order chi connectivity index (χ1) is 14.0. The second-order valence-electron chi connectivity index (χ2n) is 7.24. The average Bonchev–Trinajstić information content (AvgIpc) is 3.08. The molecule has 0 radical (unpaired) electrons. The summed E-state index contributed by atoms with van der Waals surface area (Å²) in [7, 11) is 0. The lowest BCUT2D eigenvalue weighted by Gasteiger charge is -2.08. The molecule has 0 bridgehead atoms. The predicted molar refractivity (Wildman–Crippen MR) is 113 cm³/mol. The van der Waals surface area contributed by atoms with E-state index in [1.54, 1.807) is 12.1 Å². The van der Waals surface area contributed by atoms with Gasteiger partial charge in [0.05, 0.1) is 0 Å². The number of rotatable bonds is 5. The van der Waals surface area contributed by atoms with Crippen molar-refractivity contribution in [3.8, 4) is 11.3 Å². The molecular formula is C24H22FN3O. The van der Waals surface area contributed by atoms with Gasteiger partial charge in [-0.15, -0.1) is 0 Å². The maximum atomic E-state index is 13.1. The maximum Gasteiger partial charge on any atom is 0.270 e. The zero-order valence-corrected chi connectivity index (χ0v) is 16.4. The normalized spacial score (nSPS) is 11.0. The minimum atomic E-state index is -0.262. The molecule has 0 aliphatic carbocycles. The molecule has 0 unspecified atom stereocenters. The molecule has 2 aromatic carbocycles. The number of carbonyl (C=O) groups is 1. The van der Waals surface area contributed by atoms with Crippen molar-refractivity contribution in [2.24, 2.45) is 0 Å². The number of hydrogen-bond acceptors (Lipinski definition) is 2. The highest BCUT2D eigenvalue weighted by molar-refractivity contribution is 5.99. The monoisotopic (exact) mass is 387 g/mol. The number of fused-ring (bicyclic) bond motifs is 1. The van der Waals surface area contributed by atoms with Crippen molar-refractivity contribution >= 4 is 11.6 Å². The van der Waals surface area contributed by atoms with E-state index >= 15 is 0 Å². The van der Waals surface area contributed by atoms with Crippen LogP contribution in [0.5, 0.6) is 0 Å². The van der Waals surface area contributed by atoms with Crippen LogP contribution in [0.3, 0.4) is 0 Å². The van der Waals surface area contributed by atoms with Crippen molar-refractivity contribution in [3.63, 3.8) is 0 Å². The summed E-state index contributed by atoms with van der Waals surface area (Å²) in [6.45, 7) is 4.47. The van der Waals surface area contributed by atoms with E-state index in [0.29, 0.717) is 24.4 Å². The number of amides is 1. The fourth-order valence-corrected chi connectivity index (χ4v) is 3.34. The van der Waals surface area contributed by atoms with Crippen molar-refractivity contribution in [1.29, 1.82) is 0 Å².